The van der Waals surface area contributed by atoms with Gasteiger partial charge in [-0.25, -0.2) is 8.42 Å². The van der Waals surface area contributed by atoms with Crippen molar-refractivity contribution in [1.29, 1.82) is 0 Å². The molecule has 1 atom stereocenters. The van der Waals surface area contributed by atoms with Crippen molar-refractivity contribution in [3.05, 3.63) is 29.8 Å². The molecule has 0 N–H and O–H groups in total. The summed E-state index contributed by atoms with van der Waals surface area (Å²) in [5, 5.41) is 0. The number of ether oxygens (including phenoxy) is 1. The zero-order chi connectivity index (χ0) is 18.6. The number of likely N-dealkylation sites (tertiary alicyclic amines) is 1. The van der Waals surface area contributed by atoms with Gasteiger partial charge in [-0.05, 0) is 56.7 Å². The van der Waals surface area contributed by atoms with Gasteiger partial charge in [0.1, 0.15) is 0 Å². The number of piperidine rings is 1. The second kappa shape index (κ2) is 8.39. The lowest BCUT2D eigenvalue weighted by Crippen LogP contribution is -2.41. The summed E-state index contributed by atoms with van der Waals surface area (Å²) < 4.78 is 31.6. The highest BCUT2D eigenvalue weighted by atomic mass is 32.2. The minimum absolute atomic E-state index is 0.0255. The molecule has 144 valence electrons. The lowest BCUT2D eigenvalue weighted by atomic mass is 9.98. The van der Waals surface area contributed by atoms with E-state index in [9.17, 15) is 13.2 Å². The van der Waals surface area contributed by atoms with Crippen LogP contribution in [0.2, 0.25) is 0 Å². The highest BCUT2D eigenvalue weighted by Crippen LogP contribution is 2.26. The van der Waals surface area contributed by atoms with Gasteiger partial charge >= 0.3 is 0 Å². The van der Waals surface area contributed by atoms with Crippen LogP contribution in [0.1, 0.15) is 43.0 Å². The first-order chi connectivity index (χ1) is 12.5. The standard InChI is InChI=1S/C19H28N2O4S/c1-2-25-15-16-7-6-10-20(14-16)19(22)17-8-5-9-18(13-17)21-11-3-4-12-26(21,23)24/h5,8-9,13,16H,2-4,6-7,10-12,14-15H2,1H3. The number of hydrogen-bond acceptors (Lipinski definition) is 4. The number of hydrogen-bond donors (Lipinski definition) is 0. The molecule has 1 aromatic rings. The summed E-state index contributed by atoms with van der Waals surface area (Å²) >= 11 is 0. The molecule has 2 heterocycles. The van der Waals surface area contributed by atoms with Crippen LogP contribution in [0.4, 0.5) is 5.69 Å². The van der Waals surface area contributed by atoms with Gasteiger partial charge in [0.2, 0.25) is 10.0 Å². The van der Waals surface area contributed by atoms with Crippen LogP contribution in [0.15, 0.2) is 24.3 Å². The number of carbonyl (C=O) groups is 1. The average molecular weight is 381 g/mol. The highest BCUT2D eigenvalue weighted by Gasteiger charge is 2.28. The maximum Gasteiger partial charge on any atom is 0.253 e. The summed E-state index contributed by atoms with van der Waals surface area (Å²) in [6.45, 7) is 5.29. The smallest absolute Gasteiger partial charge is 0.253 e. The Morgan fingerprint density at radius 1 is 1.23 bits per heavy atom. The minimum atomic E-state index is -3.27. The van der Waals surface area contributed by atoms with E-state index in [4.69, 9.17) is 4.74 Å². The number of sulfonamides is 1. The quantitative estimate of drug-likeness (QED) is 0.787. The molecule has 2 fully saturated rings. The topological polar surface area (TPSA) is 66.9 Å². The van der Waals surface area contributed by atoms with Crippen molar-refractivity contribution in [3.63, 3.8) is 0 Å². The van der Waals surface area contributed by atoms with E-state index in [0.717, 1.165) is 25.8 Å². The van der Waals surface area contributed by atoms with Crippen LogP contribution < -0.4 is 4.31 Å². The second-order valence-corrected chi connectivity index (χ2v) is 9.08. The minimum Gasteiger partial charge on any atom is -0.381 e. The normalized spacial score (nSPS) is 23.0. The molecule has 0 bridgehead atoms. The Morgan fingerprint density at radius 2 is 2.08 bits per heavy atom. The molecule has 26 heavy (non-hydrogen) atoms. The number of carbonyl (C=O) groups excluding carboxylic acids is 1. The lowest BCUT2D eigenvalue weighted by molar-refractivity contribution is 0.0501. The first kappa shape index (κ1) is 19.2. The molecule has 1 aromatic carbocycles. The maximum absolute atomic E-state index is 12.9. The largest absolute Gasteiger partial charge is 0.381 e. The summed E-state index contributed by atoms with van der Waals surface area (Å²) in [5.41, 5.74) is 1.15. The third kappa shape index (κ3) is 4.38. The fourth-order valence-electron chi connectivity index (χ4n) is 3.73. The molecule has 0 aromatic heterocycles. The summed E-state index contributed by atoms with van der Waals surface area (Å²) in [5.74, 6) is 0.525. The third-order valence-electron chi connectivity index (χ3n) is 5.09. The van der Waals surface area contributed by atoms with Gasteiger partial charge < -0.3 is 9.64 Å². The van der Waals surface area contributed by atoms with Gasteiger partial charge in [-0.3, -0.25) is 9.10 Å². The van der Waals surface area contributed by atoms with E-state index in [1.54, 1.807) is 24.3 Å². The van der Waals surface area contributed by atoms with Gasteiger partial charge in [0, 0.05) is 31.8 Å². The van der Waals surface area contributed by atoms with Gasteiger partial charge in [0.25, 0.3) is 5.91 Å². The highest BCUT2D eigenvalue weighted by molar-refractivity contribution is 7.92. The Kier molecular flexibility index (Phi) is 6.19. The van der Waals surface area contributed by atoms with Crippen molar-refractivity contribution in [3.8, 4) is 0 Å². The molecule has 1 unspecified atom stereocenters. The van der Waals surface area contributed by atoms with E-state index in [1.165, 1.54) is 4.31 Å². The number of amides is 1. The summed E-state index contributed by atoms with van der Waals surface area (Å²) in [4.78, 5) is 14.8. The monoisotopic (exact) mass is 380 g/mol. The van der Waals surface area contributed by atoms with Crippen molar-refractivity contribution in [2.24, 2.45) is 5.92 Å². The van der Waals surface area contributed by atoms with Crippen molar-refractivity contribution in [2.75, 3.05) is 42.9 Å². The second-order valence-electron chi connectivity index (χ2n) is 7.06. The molecule has 2 aliphatic heterocycles. The fourth-order valence-corrected chi connectivity index (χ4v) is 5.36. The van der Waals surface area contributed by atoms with E-state index in [1.807, 2.05) is 11.8 Å². The first-order valence-electron chi connectivity index (χ1n) is 9.49. The van der Waals surface area contributed by atoms with Crippen LogP contribution in [0, 0.1) is 5.92 Å². The van der Waals surface area contributed by atoms with E-state index in [2.05, 4.69) is 0 Å². The van der Waals surface area contributed by atoms with Crippen LogP contribution in [0.25, 0.3) is 0 Å². The lowest BCUT2D eigenvalue weighted by Gasteiger charge is -2.33. The molecule has 0 radical (unpaired) electrons. The Morgan fingerprint density at radius 3 is 2.85 bits per heavy atom. The third-order valence-corrected chi connectivity index (χ3v) is 6.96. The van der Waals surface area contributed by atoms with Crippen LogP contribution in [0.5, 0.6) is 0 Å². The van der Waals surface area contributed by atoms with Crippen molar-refractivity contribution in [2.45, 2.75) is 32.6 Å². The fraction of sp³-hybridized carbons (Fsp3) is 0.632. The Balaban J connectivity index is 1.74. The number of nitrogens with zero attached hydrogens (tertiary/aromatic N) is 2. The van der Waals surface area contributed by atoms with Crippen LogP contribution >= 0.6 is 0 Å². The molecule has 7 heteroatoms. The van der Waals surface area contributed by atoms with Gasteiger partial charge in [-0.15, -0.1) is 0 Å². The van der Waals surface area contributed by atoms with Crippen molar-refractivity contribution < 1.29 is 17.9 Å². The van der Waals surface area contributed by atoms with Crippen LogP contribution in [-0.4, -0.2) is 57.8 Å². The van der Waals surface area contributed by atoms with Crippen molar-refractivity contribution in [1.82, 2.24) is 4.90 Å². The van der Waals surface area contributed by atoms with Crippen LogP contribution in [-0.2, 0) is 14.8 Å². The molecule has 2 aliphatic rings. The molecular formula is C19H28N2O4S. The van der Waals surface area contributed by atoms with Gasteiger partial charge in [0.05, 0.1) is 18.0 Å². The Bertz CT molecular complexity index is 735. The molecule has 3 rings (SSSR count). The average Bonchev–Trinajstić information content (AvgIpc) is 2.66. The predicted molar refractivity (Wildman–Crippen MR) is 102 cm³/mol. The zero-order valence-corrected chi connectivity index (χ0v) is 16.2. The number of rotatable bonds is 5. The number of benzene rings is 1. The summed E-state index contributed by atoms with van der Waals surface area (Å²) in [6, 6.07) is 7.04. The molecule has 0 spiro atoms. The SMILES string of the molecule is CCOCC1CCCN(C(=O)c2cccc(N3CCCCS3(=O)=O)c2)C1. The molecule has 1 amide bonds. The molecule has 2 saturated heterocycles. The molecule has 0 saturated carbocycles. The van der Waals surface area contributed by atoms with E-state index in [-0.39, 0.29) is 11.7 Å². The van der Waals surface area contributed by atoms with E-state index in [0.29, 0.717) is 49.9 Å². The first-order valence-corrected chi connectivity index (χ1v) is 11.1. The van der Waals surface area contributed by atoms with E-state index >= 15 is 0 Å². The van der Waals surface area contributed by atoms with Gasteiger partial charge in [0.15, 0.2) is 0 Å². The molecule has 6 nitrogen and oxygen atoms in total. The summed E-state index contributed by atoms with van der Waals surface area (Å²) in [7, 11) is -3.27. The van der Waals surface area contributed by atoms with Crippen LogP contribution in [0.3, 0.4) is 0 Å². The Hall–Kier alpha value is -1.60. The predicted octanol–water partition coefficient (Wildman–Crippen LogP) is 2.51. The zero-order valence-electron chi connectivity index (χ0n) is 15.4. The summed E-state index contributed by atoms with van der Waals surface area (Å²) in [6.07, 6.45) is 3.61. The molecular weight excluding hydrogens is 352 g/mol. The molecule has 0 aliphatic carbocycles. The van der Waals surface area contributed by atoms with E-state index < -0.39 is 10.0 Å². The van der Waals surface area contributed by atoms with Crippen molar-refractivity contribution >= 4 is 21.6 Å². The van der Waals surface area contributed by atoms with Gasteiger partial charge in [-0.2, -0.15) is 0 Å². The Labute approximate surface area is 156 Å². The maximum atomic E-state index is 12.9. The van der Waals surface area contributed by atoms with Gasteiger partial charge in [-0.1, -0.05) is 6.07 Å². The number of anilines is 1.